The van der Waals surface area contributed by atoms with Crippen molar-refractivity contribution < 1.29 is 9.47 Å². The summed E-state index contributed by atoms with van der Waals surface area (Å²) in [6.45, 7) is 1.78. The van der Waals surface area contributed by atoms with Crippen molar-refractivity contribution in [1.29, 1.82) is 10.5 Å². The van der Waals surface area contributed by atoms with Crippen LogP contribution in [-0.2, 0) is 4.74 Å². The number of nitrogens with two attached hydrogens (primary N) is 1. The summed E-state index contributed by atoms with van der Waals surface area (Å²) in [4.78, 5) is 0. The molecule has 152 valence electrons. The number of ether oxygens (including phenoxy) is 2. The van der Waals surface area contributed by atoms with E-state index >= 15 is 0 Å². The molecule has 2 aromatic rings. The van der Waals surface area contributed by atoms with Crippen LogP contribution >= 0.6 is 0 Å². The topological polar surface area (TPSA) is 92.1 Å². The maximum absolute atomic E-state index is 9.10. The minimum atomic E-state index is 0.0486. The van der Waals surface area contributed by atoms with Gasteiger partial charge in [0, 0.05) is 16.8 Å². The van der Waals surface area contributed by atoms with E-state index < -0.39 is 0 Å². The molecule has 0 radical (unpaired) electrons. The molecule has 0 unspecified atom stereocenters. The molecule has 2 aromatic carbocycles. The first-order valence-corrected chi connectivity index (χ1v) is 9.54. The zero-order valence-corrected chi connectivity index (χ0v) is 17.3. The van der Waals surface area contributed by atoms with Crippen molar-refractivity contribution in [3.8, 4) is 17.9 Å². The number of nitriles is 2. The lowest BCUT2D eigenvalue weighted by Gasteiger charge is -2.13. The van der Waals surface area contributed by atoms with Gasteiger partial charge in [0.25, 0.3) is 0 Å². The van der Waals surface area contributed by atoms with E-state index in [-0.39, 0.29) is 5.57 Å². The van der Waals surface area contributed by atoms with Gasteiger partial charge in [0.15, 0.2) is 0 Å². The van der Waals surface area contributed by atoms with Crippen LogP contribution in [0.3, 0.4) is 0 Å². The first kappa shape index (κ1) is 21.2. The molecule has 3 rings (SSSR count). The number of nitrogens with zero attached hydrogens (tertiary/aromatic N) is 2. The highest BCUT2D eigenvalue weighted by Gasteiger charge is 2.10. The second-order valence-electron chi connectivity index (χ2n) is 6.79. The highest BCUT2D eigenvalue weighted by Crippen LogP contribution is 2.26. The Hall–Kier alpha value is -4.48. The van der Waals surface area contributed by atoms with E-state index in [0.29, 0.717) is 17.1 Å². The van der Waals surface area contributed by atoms with Crippen LogP contribution in [0, 0.1) is 22.7 Å². The van der Waals surface area contributed by atoms with E-state index in [9.17, 15) is 0 Å². The number of hydrogen-bond donors (Lipinski definition) is 1. The summed E-state index contributed by atoms with van der Waals surface area (Å²) >= 11 is 0. The van der Waals surface area contributed by atoms with Crippen LogP contribution in [0.5, 0.6) is 5.75 Å². The summed E-state index contributed by atoms with van der Waals surface area (Å²) in [5.41, 5.74) is 9.95. The summed E-state index contributed by atoms with van der Waals surface area (Å²) < 4.78 is 11.2. The summed E-state index contributed by atoms with van der Waals surface area (Å²) in [6, 6.07) is 17.3. The first-order chi connectivity index (χ1) is 15.0. The fourth-order valence-electron chi connectivity index (χ4n) is 2.98. The van der Waals surface area contributed by atoms with Crippen LogP contribution in [0.4, 0.5) is 5.69 Å². The maximum Gasteiger partial charge on any atom is 0.137 e. The van der Waals surface area contributed by atoms with Crippen LogP contribution < -0.4 is 10.5 Å². The molecule has 1 heterocycles. The molecule has 1 aliphatic rings. The molecule has 0 amide bonds. The van der Waals surface area contributed by atoms with Crippen molar-refractivity contribution in [2.75, 3.05) is 12.8 Å². The normalized spacial score (nSPS) is 13.2. The SMILES string of the molecule is COc1cc(/C=C/C2=CC(=C(C#N)C#N)C=C(C)O2)ccc1/C=C/c1ccc(N)cc1. The molecule has 0 aromatic heterocycles. The van der Waals surface area contributed by atoms with E-state index in [1.54, 1.807) is 32.3 Å². The Morgan fingerprint density at radius 1 is 0.935 bits per heavy atom. The Morgan fingerprint density at radius 2 is 1.61 bits per heavy atom. The third kappa shape index (κ3) is 5.53. The molecule has 0 saturated carbocycles. The predicted octanol–water partition coefficient (Wildman–Crippen LogP) is 5.62. The van der Waals surface area contributed by atoms with Crippen molar-refractivity contribution in [2.45, 2.75) is 6.92 Å². The molecule has 5 heteroatoms. The van der Waals surface area contributed by atoms with Crippen molar-refractivity contribution in [3.05, 3.63) is 100 Å². The lowest BCUT2D eigenvalue weighted by molar-refractivity contribution is 0.318. The van der Waals surface area contributed by atoms with Gasteiger partial charge in [0.2, 0.25) is 0 Å². The van der Waals surface area contributed by atoms with Gasteiger partial charge in [-0.3, -0.25) is 0 Å². The average Bonchev–Trinajstić information content (AvgIpc) is 2.78. The van der Waals surface area contributed by atoms with E-state index in [4.69, 9.17) is 25.7 Å². The fourth-order valence-corrected chi connectivity index (χ4v) is 2.98. The van der Waals surface area contributed by atoms with Crippen LogP contribution in [0.25, 0.3) is 18.2 Å². The number of nitrogen functional groups attached to an aromatic ring is 1. The molecule has 31 heavy (non-hydrogen) atoms. The van der Waals surface area contributed by atoms with Crippen LogP contribution in [-0.4, -0.2) is 7.11 Å². The second-order valence-corrected chi connectivity index (χ2v) is 6.79. The molecule has 0 aliphatic carbocycles. The molecular weight excluding hydrogens is 386 g/mol. The Balaban J connectivity index is 1.82. The van der Waals surface area contributed by atoms with Crippen molar-refractivity contribution >= 4 is 23.9 Å². The van der Waals surface area contributed by atoms with Gasteiger partial charge >= 0.3 is 0 Å². The second kappa shape index (κ2) is 9.82. The quantitative estimate of drug-likeness (QED) is 0.394. The number of benzene rings is 2. The molecule has 2 N–H and O–H groups in total. The predicted molar refractivity (Wildman–Crippen MR) is 123 cm³/mol. The molecule has 0 atom stereocenters. The third-order valence-corrected chi connectivity index (χ3v) is 4.54. The first-order valence-electron chi connectivity index (χ1n) is 9.54. The molecule has 0 fully saturated rings. The third-order valence-electron chi connectivity index (χ3n) is 4.54. The monoisotopic (exact) mass is 407 g/mol. The van der Waals surface area contributed by atoms with Crippen molar-refractivity contribution in [3.63, 3.8) is 0 Å². The largest absolute Gasteiger partial charge is 0.496 e. The molecule has 1 aliphatic heterocycles. The maximum atomic E-state index is 9.10. The highest BCUT2D eigenvalue weighted by molar-refractivity contribution is 5.74. The van der Waals surface area contributed by atoms with Gasteiger partial charge in [0.05, 0.1) is 7.11 Å². The number of rotatable bonds is 5. The van der Waals surface area contributed by atoms with Crippen molar-refractivity contribution in [1.82, 2.24) is 0 Å². The van der Waals surface area contributed by atoms with Gasteiger partial charge in [-0.2, -0.15) is 10.5 Å². The smallest absolute Gasteiger partial charge is 0.137 e. The summed E-state index contributed by atoms with van der Waals surface area (Å²) in [6.07, 6.45) is 11.0. The van der Waals surface area contributed by atoms with Crippen LogP contribution in [0.2, 0.25) is 0 Å². The lowest BCUT2D eigenvalue weighted by Crippen LogP contribution is -1.97. The zero-order chi connectivity index (χ0) is 22.2. The molecule has 0 spiro atoms. The fraction of sp³-hybridized carbons (Fsp3) is 0.0769. The van der Waals surface area contributed by atoms with Gasteiger partial charge in [-0.1, -0.05) is 42.5 Å². The van der Waals surface area contributed by atoms with Crippen molar-refractivity contribution in [2.24, 2.45) is 0 Å². The minimum Gasteiger partial charge on any atom is -0.496 e. The van der Waals surface area contributed by atoms with Gasteiger partial charge in [0.1, 0.15) is 35.0 Å². The van der Waals surface area contributed by atoms with E-state index in [1.807, 2.05) is 72.8 Å². The Bertz CT molecular complexity index is 1200. The van der Waals surface area contributed by atoms with Gasteiger partial charge in [-0.05, 0) is 54.5 Å². The number of allylic oxidation sites excluding steroid dienone is 6. The average molecular weight is 407 g/mol. The van der Waals surface area contributed by atoms with E-state index in [2.05, 4.69) is 0 Å². The van der Waals surface area contributed by atoms with E-state index in [0.717, 1.165) is 28.1 Å². The Morgan fingerprint density at radius 3 is 2.29 bits per heavy atom. The zero-order valence-electron chi connectivity index (χ0n) is 17.3. The van der Waals surface area contributed by atoms with Crippen LogP contribution in [0.1, 0.15) is 23.6 Å². The molecule has 0 bridgehead atoms. The number of methoxy groups -OCH3 is 1. The standard InChI is InChI=1S/C26H21N3O2/c1-18-13-22(23(16-27)17-28)15-25(31-18)12-7-20-4-9-21(26(14-20)30-2)8-3-19-5-10-24(29)11-6-19/h3-15H,29H2,1-2H3/b8-3+,12-7+. The Kier molecular flexibility index (Phi) is 6.73. The number of anilines is 1. The van der Waals surface area contributed by atoms with Crippen LogP contribution in [0.15, 0.2) is 83.4 Å². The minimum absolute atomic E-state index is 0.0486. The Labute approximate surface area is 181 Å². The molecule has 5 nitrogen and oxygen atoms in total. The molecule has 0 saturated heterocycles. The summed E-state index contributed by atoms with van der Waals surface area (Å²) in [7, 11) is 1.63. The molecular formula is C26H21N3O2. The summed E-state index contributed by atoms with van der Waals surface area (Å²) in [5, 5.41) is 18.2. The lowest BCUT2D eigenvalue weighted by atomic mass is 10.1. The van der Waals surface area contributed by atoms with Gasteiger partial charge in [-0.15, -0.1) is 0 Å². The van der Waals surface area contributed by atoms with Gasteiger partial charge < -0.3 is 15.2 Å². The number of hydrogen-bond acceptors (Lipinski definition) is 5. The highest BCUT2D eigenvalue weighted by atomic mass is 16.5. The summed E-state index contributed by atoms with van der Waals surface area (Å²) in [5.74, 6) is 1.89. The van der Waals surface area contributed by atoms with E-state index in [1.165, 1.54) is 0 Å². The van der Waals surface area contributed by atoms with Gasteiger partial charge in [-0.25, -0.2) is 0 Å².